The molecule has 21 heavy (non-hydrogen) atoms. The van der Waals surface area contributed by atoms with Gasteiger partial charge in [-0.3, -0.25) is 0 Å². The largest absolute Gasteiger partial charge is 0.409 e. The summed E-state index contributed by atoms with van der Waals surface area (Å²) in [5.41, 5.74) is 7.14. The zero-order chi connectivity index (χ0) is 15.6. The first-order valence-electron chi connectivity index (χ1n) is 6.79. The third-order valence-electron chi connectivity index (χ3n) is 3.62. The van der Waals surface area contributed by atoms with Gasteiger partial charge < -0.3 is 25.8 Å². The van der Waals surface area contributed by atoms with Crippen molar-refractivity contribution in [2.24, 2.45) is 10.9 Å². The van der Waals surface area contributed by atoms with Gasteiger partial charge in [0, 0.05) is 35.4 Å². The van der Waals surface area contributed by atoms with Gasteiger partial charge in [0.1, 0.15) is 0 Å². The van der Waals surface area contributed by atoms with Gasteiger partial charge in [0.05, 0.1) is 6.10 Å². The molecule has 116 valence electrons. The number of benzene rings is 1. The minimum atomic E-state index is -0.394. The second-order valence-electron chi connectivity index (χ2n) is 5.60. The van der Waals surface area contributed by atoms with Crippen LogP contribution in [0.2, 0.25) is 5.02 Å². The fraction of sp³-hybridized carbons (Fsp3) is 0.500. The van der Waals surface area contributed by atoms with Crippen molar-refractivity contribution < 1.29 is 10.3 Å². The molecule has 1 aliphatic rings. The molecule has 1 fully saturated rings. The highest BCUT2D eigenvalue weighted by atomic mass is 35.5. The van der Waals surface area contributed by atoms with Crippen molar-refractivity contribution in [2.45, 2.75) is 18.6 Å². The number of hydrogen-bond donors (Lipinski definition) is 3. The van der Waals surface area contributed by atoms with E-state index < -0.39 is 6.10 Å². The van der Waals surface area contributed by atoms with Gasteiger partial charge >= 0.3 is 0 Å². The van der Waals surface area contributed by atoms with Gasteiger partial charge in [-0.2, -0.15) is 0 Å². The van der Waals surface area contributed by atoms with Crippen LogP contribution in [0.5, 0.6) is 0 Å². The summed E-state index contributed by atoms with van der Waals surface area (Å²) >= 11 is 6.09. The minimum absolute atomic E-state index is 0.0339. The van der Waals surface area contributed by atoms with E-state index in [9.17, 15) is 5.11 Å². The van der Waals surface area contributed by atoms with Crippen LogP contribution in [-0.2, 0) is 0 Å². The molecule has 0 saturated carbocycles. The molecule has 2 rings (SSSR count). The van der Waals surface area contributed by atoms with Crippen LogP contribution in [0.25, 0.3) is 0 Å². The van der Waals surface area contributed by atoms with Crippen LogP contribution in [-0.4, -0.2) is 60.4 Å². The van der Waals surface area contributed by atoms with E-state index in [1.165, 1.54) is 0 Å². The number of likely N-dealkylation sites (N-methyl/N-ethyl adjacent to an activating group) is 1. The van der Waals surface area contributed by atoms with Crippen molar-refractivity contribution in [1.29, 1.82) is 0 Å². The Morgan fingerprint density at radius 1 is 1.52 bits per heavy atom. The quantitative estimate of drug-likeness (QED) is 0.333. The van der Waals surface area contributed by atoms with E-state index in [1.54, 1.807) is 18.2 Å². The van der Waals surface area contributed by atoms with Crippen molar-refractivity contribution in [3.8, 4) is 0 Å². The van der Waals surface area contributed by atoms with Crippen LogP contribution in [0.3, 0.4) is 0 Å². The fourth-order valence-corrected chi connectivity index (χ4v) is 2.96. The molecule has 0 spiro atoms. The number of nitrogens with zero attached hydrogens (tertiary/aromatic N) is 3. The number of aliphatic hydroxyl groups excluding tert-OH is 1. The lowest BCUT2D eigenvalue weighted by atomic mass is 10.1. The van der Waals surface area contributed by atoms with Crippen molar-refractivity contribution in [1.82, 2.24) is 4.90 Å². The van der Waals surface area contributed by atoms with E-state index in [-0.39, 0.29) is 11.9 Å². The van der Waals surface area contributed by atoms with Crippen LogP contribution in [0.15, 0.2) is 23.4 Å². The summed E-state index contributed by atoms with van der Waals surface area (Å²) in [6.07, 6.45) is 0.286. The lowest BCUT2D eigenvalue weighted by Crippen LogP contribution is -2.38. The zero-order valence-corrected chi connectivity index (χ0v) is 13.0. The van der Waals surface area contributed by atoms with Crippen molar-refractivity contribution in [3.63, 3.8) is 0 Å². The summed E-state index contributed by atoms with van der Waals surface area (Å²) in [5.74, 6) is 0.0339. The highest BCUT2D eigenvalue weighted by Gasteiger charge is 2.33. The topological polar surface area (TPSA) is 85.3 Å². The number of oxime groups is 1. The molecule has 1 aliphatic heterocycles. The third kappa shape index (κ3) is 3.58. The molecule has 0 aromatic heterocycles. The maximum atomic E-state index is 10.00. The fourth-order valence-electron chi connectivity index (χ4n) is 2.79. The smallest absolute Gasteiger partial charge is 0.172 e. The standard InChI is InChI=1S/C14H21ClN4O2/c1-18(2)7-10-6-11(20)8-19(10)13-5-9(15)3-4-12(13)14(16)17-21/h3-5,10-11,20-21H,6-8H2,1-2H3,(H2,16,17). The average Bonchev–Trinajstić information content (AvgIpc) is 2.77. The van der Waals surface area contributed by atoms with Crippen LogP contribution in [0.1, 0.15) is 12.0 Å². The molecule has 4 N–H and O–H groups in total. The monoisotopic (exact) mass is 312 g/mol. The molecule has 1 aromatic carbocycles. The SMILES string of the molecule is CN(C)CC1CC(O)CN1c1cc(Cl)ccc1C(N)=NO. The zero-order valence-electron chi connectivity index (χ0n) is 12.2. The Bertz CT molecular complexity index is 536. The second-order valence-corrected chi connectivity index (χ2v) is 6.04. The summed E-state index contributed by atoms with van der Waals surface area (Å²) in [6, 6.07) is 5.37. The summed E-state index contributed by atoms with van der Waals surface area (Å²) in [4.78, 5) is 4.15. The minimum Gasteiger partial charge on any atom is -0.409 e. The number of aliphatic hydroxyl groups is 1. The predicted molar refractivity (Wildman–Crippen MR) is 84.3 cm³/mol. The van der Waals surface area contributed by atoms with Gasteiger partial charge in [-0.1, -0.05) is 16.8 Å². The highest BCUT2D eigenvalue weighted by Crippen LogP contribution is 2.31. The first kappa shape index (κ1) is 15.9. The van der Waals surface area contributed by atoms with Gasteiger partial charge in [0.15, 0.2) is 5.84 Å². The molecular formula is C14H21ClN4O2. The van der Waals surface area contributed by atoms with Crippen molar-refractivity contribution in [2.75, 3.05) is 32.1 Å². The van der Waals surface area contributed by atoms with E-state index in [1.807, 2.05) is 14.1 Å². The number of β-amino-alcohol motifs (C(OH)–C–C–N with tert-alkyl or cyclic N) is 1. The van der Waals surface area contributed by atoms with Crippen LogP contribution < -0.4 is 10.6 Å². The molecule has 1 aromatic rings. The van der Waals surface area contributed by atoms with Crippen LogP contribution in [0.4, 0.5) is 5.69 Å². The first-order valence-corrected chi connectivity index (χ1v) is 7.17. The molecule has 0 radical (unpaired) electrons. The Balaban J connectivity index is 2.41. The molecule has 1 heterocycles. The van der Waals surface area contributed by atoms with E-state index >= 15 is 0 Å². The second kappa shape index (κ2) is 6.51. The normalized spacial score (nSPS) is 23.1. The van der Waals surface area contributed by atoms with Gasteiger partial charge in [-0.25, -0.2) is 0 Å². The maximum Gasteiger partial charge on any atom is 0.172 e. The predicted octanol–water partition coefficient (Wildman–Crippen LogP) is 0.936. The third-order valence-corrected chi connectivity index (χ3v) is 3.86. The summed E-state index contributed by atoms with van der Waals surface area (Å²) < 4.78 is 0. The number of amidine groups is 1. The number of nitrogens with two attached hydrogens (primary N) is 1. The lowest BCUT2D eigenvalue weighted by Gasteiger charge is -2.30. The molecule has 0 amide bonds. The number of anilines is 1. The maximum absolute atomic E-state index is 10.00. The number of halogens is 1. The molecule has 1 saturated heterocycles. The summed E-state index contributed by atoms with van der Waals surface area (Å²) in [7, 11) is 3.98. The Morgan fingerprint density at radius 3 is 2.86 bits per heavy atom. The molecular weight excluding hydrogens is 292 g/mol. The van der Waals surface area contributed by atoms with Gasteiger partial charge in [-0.15, -0.1) is 0 Å². The molecule has 7 heteroatoms. The molecule has 2 unspecified atom stereocenters. The van der Waals surface area contributed by atoms with E-state index in [0.29, 0.717) is 23.6 Å². The Morgan fingerprint density at radius 2 is 2.24 bits per heavy atom. The van der Waals surface area contributed by atoms with Gasteiger partial charge in [0.25, 0.3) is 0 Å². The first-order chi connectivity index (χ1) is 9.92. The Hall–Kier alpha value is -1.50. The highest BCUT2D eigenvalue weighted by molar-refractivity contribution is 6.31. The Kier molecular flexibility index (Phi) is 4.92. The van der Waals surface area contributed by atoms with Crippen molar-refractivity contribution >= 4 is 23.1 Å². The van der Waals surface area contributed by atoms with Crippen LogP contribution >= 0.6 is 11.6 Å². The summed E-state index contributed by atoms with van der Waals surface area (Å²) in [6.45, 7) is 1.31. The molecule has 0 bridgehead atoms. The van der Waals surface area contributed by atoms with Gasteiger partial charge in [-0.05, 0) is 38.7 Å². The van der Waals surface area contributed by atoms with Crippen molar-refractivity contribution in [3.05, 3.63) is 28.8 Å². The number of hydrogen-bond acceptors (Lipinski definition) is 5. The molecule has 2 atom stereocenters. The summed E-state index contributed by atoms with van der Waals surface area (Å²) in [5, 5.41) is 22.6. The van der Waals surface area contributed by atoms with Gasteiger partial charge in [0.2, 0.25) is 0 Å². The van der Waals surface area contributed by atoms with E-state index in [4.69, 9.17) is 22.5 Å². The van der Waals surface area contributed by atoms with E-state index in [2.05, 4.69) is 15.0 Å². The average molecular weight is 313 g/mol. The Labute approximate surface area is 129 Å². The van der Waals surface area contributed by atoms with Crippen LogP contribution in [0, 0.1) is 0 Å². The van der Waals surface area contributed by atoms with E-state index in [0.717, 1.165) is 12.2 Å². The molecule has 6 nitrogen and oxygen atoms in total. The number of rotatable bonds is 4. The molecule has 0 aliphatic carbocycles. The lowest BCUT2D eigenvalue weighted by molar-refractivity contribution is 0.191.